The van der Waals surface area contributed by atoms with Gasteiger partial charge in [0.2, 0.25) is 5.91 Å². The van der Waals surface area contributed by atoms with E-state index in [-0.39, 0.29) is 24.7 Å². The van der Waals surface area contributed by atoms with Crippen LogP contribution in [0.25, 0.3) is 0 Å². The molecule has 1 aliphatic carbocycles. The molecular formula is C15H20Cl2N2O3. The molecule has 0 atom stereocenters. The monoisotopic (exact) mass is 346 g/mol. The highest BCUT2D eigenvalue weighted by Gasteiger charge is 2.40. The minimum Gasteiger partial charge on any atom is -0.480 e. The van der Waals surface area contributed by atoms with Gasteiger partial charge in [-0.15, -0.1) is 12.4 Å². The highest BCUT2D eigenvalue weighted by molar-refractivity contribution is 6.33. The number of aliphatic carboxylic acids is 1. The summed E-state index contributed by atoms with van der Waals surface area (Å²) in [6, 6.07) is 7.00. The second-order valence-corrected chi connectivity index (χ2v) is 5.71. The summed E-state index contributed by atoms with van der Waals surface area (Å²) < 4.78 is 0. The normalized spacial score (nSPS) is 15.9. The smallest absolute Gasteiger partial charge is 0.323 e. The van der Waals surface area contributed by atoms with Crippen molar-refractivity contribution in [1.82, 2.24) is 5.32 Å². The van der Waals surface area contributed by atoms with Gasteiger partial charge in [-0.2, -0.15) is 0 Å². The number of anilines is 1. The van der Waals surface area contributed by atoms with Gasteiger partial charge in [0.25, 0.3) is 0 Å². The van der Waals surface area contributed by atoms with Crippen molar-refractivity contribution in [3.63, 3.8) is 0 Å². The van der Waals surface area contributed by atoms with E-state index in [1.54, 1.807) is 24.3 Å². The van der Waals surface area contributed by atoms with E-state index in [9.17, 15) is 14.7 Å². The second-order valence-electron chi connectivity index (χ2n) is 5.30. The third-order valence-corrected chi connectivity index (χ3v) is 4.16. The fraction of sp³-hybridized carbons (Fsp3) is 0.467. The molecule has 7 heteroatoms. The SMILES string of the molecule is Cl.O=C(CCNC1(C(=O)O)CCCC1)Nc1ccccc1Cl. The Bertz CT molecular complexity index is 531. The lowest BCUT2D eigenvalue weighted by Crippen LogP contribution is -2.50. The van der Waals surface area contributed by atoms with Crippen molar-refractivity contribution >= 4 is 41.6 Å². The fourth-order valence-electron chi connectivity index (χ4n) is 2.64. The molecule has 22 heavy (non-hydrogen) atoms. The van der Waals surface area contributed by atoms with E-state index in [4.69, 9.17) is 11.6 Å². The van der Waals surface area contributed by atoms with Gasteiger partial charge < -0.3 is 15.7 Å². The molecule has 3 N–H and O–H groups in total. The van der Waals surface area contributed by atoms with Crippen molar-refractivity contribution in [2.24, 2.45) is 0 Å². The molecule has 1 aliphatic rings. The lowest BCUT2D eigenvalue weighted by molar-refractivity contribution is -0.144. The molecule has 0 heterocycles. The average Bonchev–Trinajstić information content (AvgIpc) is 2.91. The number of hydrogen-bond acceptors (Lipinski definition) is 3. The van der Waals surface area contributed by atoms with E-state index >= 15 is 0 Å². The van der Waals surface area contributed by atoms with E-state index in [1.807, 2.05) is 0 Å². The van der Waals surface area contributed by atoms with Gasteiger partial charge in [-0.05, 0) is 25.0 Å². The zero-order valence-corrected chi connectivity index (χ0v) is 13.7. The van der Waals surface area contributed by atoms with E-state index in [0.717, 1.165) is 12.8 Å². The average molecular weight is 347 g/mol. The molecule has 1 saturated carbocycles. The van der Waals surface area contributed by atoms with Gasteiger partial charge in [0.15, 0.2) is 0 Å². The number of benzene rings is 1. The number of rotatable bonds is 6. The molecule has 1 amide bonds. The maximum absolute atomic E-state index is 11.9. The van der Waals surface area contributed by atoms with Crippen LogP contribution in [0.2, 0.25) is 5.02 Å². The van der Waals surface area contributed by atoms with Gasteiger partial charge in [-0.25, -0.2) is 0 Å². The number of amides is 1. The maximum Gasteiger partial charge on any atom is 0.323 e. The van der Waals surface area contributed by atoms with Gasteiger partial charge in [0.05, 0.1) is 10.7 Å². The highest BCUT2D eigenvalue weighted by atomic mass is 35.5. The minimum atomic E-state index is -0.856. The first kappa shape index (κ1) is 18.7. The van der Waals surface area contributed by atoms with Gasteiger partial charge in [0, 0.05) is 13.0 Å². The fourth-order valence-corrected chi connectivity index (χ4v) is 2.82. The summed E-state index contributed by atoms with van der Waals surface area (Å²) in [7, 11) is 0. The molecule has 1 fully saturated rings. The Morgan fingerprint density at radius 1 is 1.23 bits per heavy atom. The highest BCUT2D eigenvalue weighted by Crippen LogP contribution is 2.29. The molecule has 2 rings (SSSR count). The van der Waals surface area contributed by atoms with Crippen LogP contribution in [0.1, 0.15) is 32.1 Å². The zero-order valence-electron chi connectivity index (χ0n) is 12.1. The first-order chi connectivity index (χ1) is 10.0. The number of carbonyl (C=O) groups excluding carboxylic acids is 1. The number of hydrogen-bond donors (Lipinski definition) is 3. The summed E-state index contributed by atoms with van der Waals surface area (Å²) in [6.07, 6.45) is 3.26. The van der Waals surface area contributed by atoms with Crippen molar-refractivity contribution < 1.29 is 14.7 Å². The molecule has 0 bridgehead atoms. The number of carboxylic acids is 1. The number of para-hydroxylation sites is 1. The van der Waals surface area contributed by atoms with E-state index in [2.05, 4.69) is 10.6 Å². The Kier molecular flexibility index (Phi) is 7.13. The van der Waals surface area contributed by atoms with Gasteiger partial charge >= 0.3 is 5.97 Å². The van der Waals surface area contributed by atoms with Crippen LogP contribution >= 0.6 is 24.0 Å². The summed E-state index contributed by atoms with van der Waals surface area (Å²) in [5.41, 5.74) is -0.289. The Morgan fingerprint density at radius 3 is 2.45 bits per heavy atom. The third-order valence-electron chi connectivity index (χ3n) is 3.83. The number of carbonyl (C=O) groups is 2. The predicted molar refractivity (Wildman–Crippen MR) is 88.8 cm³/mol. The Hall–Kier alpha value is -1.30. The van der Waals surface area contributed by atoms with Crippen LogP contribution in [-0.2, 0) is 9.59 Å². The Morgan fingerprint density at radius 2 is 1.86 bits per heavy atom. The summed E-state index contributed by atoms with van der Waals surface area (Å²) in [6.45, 7) is 0.336. The van der Waals surface area contributed by atoms with E-state index in [1.165, 1.54) is 0 Å². The molecule has 0 radical (unpaired) electrons. The van der Waals surface area contributed by atoms with E-state index in [0.29, 0.717) is 30.1 Å². The predicted octanol–water partition coefficient (Wildman–Crippen LogP) is 3.08. The number of nitrogens with one attached hydrogen (secondary N) is 2. The lowest BCUT2D eigenvalue weighted by atomic mass is 9.98. The summed E-state index contributed by atoms with van der Waals surface area (Å²) in [5.74, 6) is -1.01. The van der Waals surface area contributed by atoms with Crippen LogP contribution in [0.3, 0.4) is 0 Å². The van der Waals surface area contributed by atoms with Crippen LogP contribution in [0, 0.1) is 0 Å². The molecule has 0 saturated heterocycles. The summed E-state index contributed by atoms with van der Waals surface area (Å²) in [5, 5.41) is 15.6. The van der Waals surface area contributed by atoms with Crippen LogP contribution in [0.15, 0.2) is 24.3 Å². The van der Waals surface area contributed by atoms with Gasteiger partial charge in [-0.3, -0.25) is 9.59 Å². The van der Waals surface area contributed by atoms with Gasteiger partial charge in [0.1, 0.15) is 5.54 Å². The van der Waals surface area contributed by atoms with Crippen LogP contribution in [-0.4, -0.2) is 29.1 Å². The number of halogens is 2. The van der Waals surface area contributed by atoms with Crippen LogP contribution < -0.4 is 10.6 Å². The standard InChI is InChI=1S/C15H19ClN2O3.ClH/c16-11-5-1-2-6-12(11)18-13(19)7-10-17-15(14(20)21)8-3-4-9-15;/h1-2,5-6,17H,3-4,7-10H2,(H,18,19)(H,20,21);1H. The molecule has 0 aliphatic heterocycles. The molecule has 0 unspecified atom stereocenters. The maximum atomic E-state index is 11.9. The molecule has 0 spiro atoms. The number of carboxylic acid groups (broad SMARTS) is 1. The summed E-state index contributed by atoms with van der Waals surface area (Å²) >= 11 is 5.96. The molecule has 1 aromatic rings. The van der Waals surface area contributed by atoms with Crippen LogP contribution in [0.5, 0.6) is 0 Å². The zero-order chi connectivity index (χ0) is 15.3. The van der Waals surface area contributed by atoms with Crippen molar-refractivity contribution in [1.29, 1.82) is 0 Å². The van der Waals surface area contributed by atoms with Crippen molar-refractivity contribution in [2.45, 2.75) is 37.6 Å². The van der Waals surface area contributed by atoms with Crippen molar-refractivity contribution in [3.05, 3.63) is 29.3 Å². The second kappa shape index (κ2) is 8.36. The molecule has 122 valence electrons. The molecular weight excluding hydrogens is 327 g/mol. The Balaban J connectivity index is 0.00000242. The van der Waals surface area contributed by atoms with Gasteiger partial charge in [-0.1, -0.05) is 36.6 Å². The molecule has 0 aromatic heterocycles. The quantitative estimate of drug-likeness (QED) is 0.739. The van der Waals surface area contributed by atoms with Crippen molar-refractivity contribution in [2.75, 3.05) is 11.9 Å². The molecule has 5 nitrogen and oxygen atoms in total. The Labute approximate surface area is 140 Å². The summed E-state index contributed by atoms with van der Waals surface area (Å²) in [4.78, 5) is 23.2. The first-order valence-corrected chi connectivity index (χ1v) is 7.44. The van der Waals surface area contributed by atoms with Crippen molar-refractivity contribution in [3.8, 4) is 0 Å². The van der Waals surface area contributed by atoms with E-state index < -0.39 is 11.5 Å². The topological polar surface area (TPSA) is 78.4 Å². The third kappa shape index (κ3) is 4.60. The molecule has 1 aromatic carbocycles. The van der Waals surface area contributed by atoms with Crippen LogP contribution in [0.4, 0.5) is 5.69 Å². The minimum absolute atomic E-state index is 0. The first-order valence-electron chi connectivity index (χ1n) is 7.06. The lowest BCUT2D eigenvalue weighted by Gasteiger charge is -2.25. The largest absolute Gasteiger partial charge is 0.480 e.